The number of rotatable bonds is 6. The fraction of sp³-hybridized carbons (Fsp3) is 0.348. The standard InChI is InChI=1S/C23H24N4O6/c1-25(2)7-8-26-17-10-15(3-5-18(17)33-23(26)30)24-22(29)14-9-21(28)27(12-14)16-4-6-19-20(11-16)32-13-31-19/h3-6,10-11,14H,7-9,12-13H2,1-2H3,(H,24,29). The van der Waals surface area contributed by atoms with Crippen LogP contribution in [-0.2, 0) is 16.1 Å². The van der Waals surface area contributed by atoms with E-state index in [1.807, 2.05) is 19.0 Å². The molecule has 2 aromatic carbocycles. The Kier molecular flexibility index (Phi) is 5.29. The summed E-state index contributed by atoms with van der Waals surface area (Å²) in [6.07, 6.45) is 0.113. The van der Waals surface area contributed by atoms with Gasteiger partial charge in [0.05, 0.1) is 11.4 Å². The van der Waals surface area contributed by atoms with Gasteiger partial charge in [0.2, 0.25) is 18.6 Å². The average molecular weight is 452 g/mol. The van der Waals surface area contributed by atoms with Crippen molar-refractivity contribution in [3.8, 4) is 11.5 Å². The molecule has 2 aliphatic rings. The van der Waals surface area contributed by atoms with Crippen molar-refractivity contribution in [1.29, 1.82) is 0 Å². The molecule has 0 spiro atoms. The molecule has 3 heterocycles. The number of oxazole rings is 1. The lowest BCUT2D eigenvalue weighted by Crippen LogP contribution is -2.28. The fourth-order valence-electron chi connectivity index (χ4n) is 4.08. The molecule has 1 atom stereocenters. The van der Waals surface area contributed by atoms with E-state index in [0.29, 0.717) is 47.1 Å². The number of likely N-dealkylation sites (N-methyl/N-ethyl adjacent to an activating group) is 1. The van der Waals surface area contributed by atoms with Crippen molar-refractivity contribution >= 4 is 34.3 Å². The van der Waals surface area contributed by atoms with Gasteiger partial charge in [0.1, 0.15) is 0 Å². The summed E-state index contributed by atoms with van der Waals surface area (Å²) in [5.41, 5.74) is 2.29. The van der Waals surface area contributed by atoms with Gasteiger partial charge in [0.15, 0.2) is 17.1 Å². The summed E-state index contributed by atoms with van der Waals surface area (Å²) in [6.45, 7) is 1.57. The van der Waals surface area contributed by atoms with Gasteiger partial charge in [-0.05, 0) is 44.4 Å². The van der Waals surface area contributed by atoms with Gasteiger partial charge in [-0.3, -0.25) is 14.2 Å². The molecule has 0 saturated carbocycles. The van der Waals surface area contributed by atoms with E-state index in [9.17, 15) is 14.4 Å². The predicted octanol–water partition coefficient (Wildman–Crippen LogP) is 1.88. The van der Waals surface area contributed by atoms with Crippen LogP contribution in [0.5, 0.6) is 11.5 Å². The number of ether oxygens (including phenoxy) is 2. The number of benzene rings is 2. The van der Waals surface area contributed by atoms with Gasteiger partial charge in [0.25, 0.3) is 0 Å². The summed E-state index contributed by atoms with van der Waals surface area (Å²) in [5, 5.41) is 2.88. The van der Waals surface area contributed by atoms with Crippen molar-refractivity contribution in [1.82, 2.24) is 9.47 Å². The molecule has 1 fully saturated rings. The molecule has 1 saturated heterocycles. The van der Waals surface area contributed by atoms with Gasteiger partial charge in [0, 0.05) is 43.5 Å². The second-order valence-electron chi connectivity index (χ2n) is 8.44. The molecule has 10 nitrogen and oxygen atoms in total. The summed E-state index contributed by atoms with van der Waals surface area (Å²) >= 11 is 0. The zero-order valence-corrected chi connectivity index (χ0v) is 18.4. The molecular weight excluding hydrogens is 428 g/mol. The van der Waals surface area contributed by atoms with Crippen molar-refractivity contribution < 1.29 is 23.5 Å². The summed E-state index contributed by atoms with van der Waals surface area (Å²) in [6, 6.07) is 10.4. The van der Waals surface area contributed by atoms with Gasteiger partial charge in [-0.2, -0.15) is 0 Å². The second-order valence-corrected chi connectivity index (χ2v) is 8.44. The molecule has 2 aliphatic heterocycles. The van der Waals surface area contributed by atoms with Crippen LogP contribution in [0.15, 0.2) is 45.6 Å². The van der Waals surface area contributed by atoms with Crippen molar-refractivity contribution in [3.63, 3.8) is 0 Å². The average Bonchev–Trinajstić information content (AvgIpc) is 3.48. The van der Waals surface area contributed by atoms with Gasteiger partial charge < -0.3 is 29.0 Å². The van der Waals surface area contributed by atoms with Crippen LogP contribution in [0, 0.1) is 5.92 Å². The lowest BCUT2D eigenvalue weighted by atomic mass is 10.1. The number of hydrogen-bond donors (Lipinski definition) is 1. The Balaban J connectivity index is 1.31. The first-order valence-electron chi connectivity index (χ1n) is 10.7. The first kappa shape index (κ1) is 21.1. The third-order valence-corrected chi connectivity index (χ3v) is 5.87. The van der Waals surface area contributed by atoms with Crippen LogP contribution in [0.25, 0.3) is 11.1 Å². The maximum atomic E-state index is 12.9. The quantitative estimate of drug-likeness (QED) is 0.609. The second kappa shape index (κ2) is 8.28. The van der Waals surface area contributed by atoms with E-state index in [0.717, 1.165) is 0 Å². The van der Waals surface area contributed by atoms with E-state index in [-0.39, 0.29) is 31.6 Å². The first-order valence-corrected chi connectivity index (χ1v) is 10.7. The highest BCUT2D eigenvalue weighted by Crippen LogP contribution is 2.37. The maximum Gasteiger partial charge on any atom is 0.419 e. The monoisotopic (exact) mass is 452 g/mol. The summed E-state index contributed by atoms with van der Waals surface area (Å²) in [7, 11) is 3.85. The zero-order valence-electron chi connectivity index (χ0n) is 18.4. The molecule has 5 rings (SSSR count). The van der Waals surface area contributed by atoms with Crippen molar-refractivity contribution in [2.24, 2.45) is 5.92 Å². The molecule has 10 heteroatoms. The smallest absolute Gasteiger partial charge is 0.419 e. The van der Waals surface area contributed by atoms with Crippen molar-refractivity contribution in [2.75, 3.05) is 44.2 Å². The number of aromatic nitrogens is 1. The van der Waals surface area contributed by atoms with Crippen LogP contribution in [0.3, 0.4) is 0 Å². The van der Waals surface area contributed by atoms with Gasteiger partial charge in [-0.1, -0.05) is 0 Å². The Bertz CT molecular complexity index is 1290. The topological polar surface area (TPSA) is 106 Å². The minimum Gasteiger partial charge on any atom is -0.454 e. The lowest BCUT2D eigenvalue weighted by molar-refractivity contribution is -0.122. The van der Waals surface area contributed by atoms with Crippen LogP contribution < -0.4 is 25.4 Å². The Morgan fingerprint density at radius 2 is 1.94 bits per heavy atom. The van der Waals surface area contributed by atoms with E-state index in [2.05, 4.69) is 5.32 Å². The van der Waals surface area contributed by atoms with Crippen LogP contribution in [0.1, 0.15) is 6.42 Å². The van der Waals surface area contributed by atoms with Crippen LogP contribution in [0.2, 0.25) is 0 Å². The number of amides is 2. The van der Waals surface area contributed by atoms with Crippen molar-refractivity contribution in [2.45, 2.75) is 13.0 Å². The number of hydrogen-bond acceptors (Lipinski definition) is 7. The van der Waals surface area contributed by atoms with Gasteiger partial charge in [-0.15, -0.1) is 0 Å². The Morgan fingerprint density at radius 1 is 1.12 bits per heavy atom. The summed E-state index contributed by atoms with van der Waals surface area (Å²) < 4.78 is 17.6. The normalized spacial score (nSPS) is 17.4. The first-order chi connectivity index (χ1) is 15.9. The van der Waals surface area contributed by atoms with E-state index in [1.165, 1.54) is 0 Å². The highest BCUT2D eigenvalue weighted by atomic mass is 16.7. The lowest BCUT2D eigenvalue weighted by Gasteiger charge is -2.17. The third-order valence-electron chi connectivity index (χ3n) is 5.87. The van der Waals surface area contributed by atoms with E-state index >= 15 is 0 Å². The highest BCUT2D eigenvalue weighted by molar-refractivity contribution is 6.04. The molecule has 1 N–H and O–H groups in total. The van der Waals surface area contributed by atoms with Gasteiger partial charge in [-0.25, -0.2) is 4.79 Å². The molecule has 2 amide bonds. The molecule has 0 bridgehead atoms. The van der Waals surface area contributed by atoms with E-state index < -0.39 is 11.7 Å². The van der Waals surface area contributed by atoms with E-state index in [4.69, 9.17) is 13.9 Å². The molecule has 1 unspecified atom stereocenters. The molecular formula is C23H24N4O6. The predicted molar refractivity (Wildman–Crippen MR) is 121 cm³/mol. The number of nitrogens with one attached hydrogen (secondary N) is 1. The van der Waals surface area contributed by atoms with Gasteiger partial charge >= 0.3 is 5.76 Å². The highest BCUT2D eigenvalue weighted by Gasteiger charge is 2.35. The number of carbonyl (C=O) groups is 2. The Morgan fingerprint density at radius 3 is 2.76 bits per heavy atom. The molecule has 0 radical (unpaired) electrons. The molecule has 1 aromatic heterocycles. The van der Waals surface area contributed by atoms with Crippen LogP contribution >= 0.6 is 0 Å². The molecule has 33 heavy (non-hydrogen) atoms. The maximum absolute atomic E-state index is 12.9. The zero-order chi connectivity index (χ0) is 23.1. The molecule has 3 aromatic rings. The Hall–Kier alpha value is -3.79. The van der Waals surface area contributed by atoms with Crippen LogP contribution in [0.4, 0.5) is 11.4 Å². The Labute approximate surface area is 189 Å². The van der Waals surface area contributed by atoms with Crippen LogP contribution in [-0.4, -0.2) is 55.3 Å². The van der Waals surface area contributed by atoms with Crippen molar-refractivity contribution in [3.05, 3.63) is 46.9 Å². The number of fused-ring (bicyclic) bond motifs is 2. The fourth-order valence-corrected chi connectivity index (χ4v) is 4.08. The number of nitrogens with zero attached hydrogens (tertiary/aromatic N) is 3. The summed E-state index contributed by atoms with van der Waals surface area (Å²) in [5.74, 6) is -0.0937. The third kappa shape index (κ3) is 4.05. The number of carbonyl (C=O) groups excluding carboxylic acids is 2. The molecule has 0 aliphatic carbocycles. The minimum absolute atomic E-state index is 0.113. The SMILES string of the molecule is CN(C)CCn1c(=O)oc2ccc(NC(=O)C3CC(=O)N(c4ccc5c(c4)OCO5)C3)cc21. The minimum atomic E-state index is -0.501. The molecule has 172 valence electrons. The summed E-state index contributed by atoms with van der Waals surface area (Å²) in [4.78, 5) is 41.3. The van der Waals surface area contributed by atoms with E-state index in [1.54, 1.807) is 45.9 Å². The number of anilines is 2. The largest absolute Gasteiger partial charge is 0.454 e.